The Bertz CT molecular complexity index is 499. The maximum atomic E-state index is 14.1. The predicted molar refractivity (Wildman–Crippen MR) is 104 cm³/mol. The van der Waals surface area contributed by atoms with Gasteiger partial charge >= 0.3 is 12.4 Å². The maximum Gasteiger partial charge on any atom is 0.417 e. The highest BCUT2D eigenvalue weighted by Gasteiger charge is 2.61. The van der Waals surface area contributed by atoms with Crippen LogP contribution in [0.3, 0.4) is 0 Å². The summed E-state index contributed by atoms with van der Waals surface area (Å²) in [6.45, 7) is 9.08. The minimum Gasteiger partial charge on any atom is -0.366 e. The predicted octanol–water partition coefficient (Wildman–Crippen LogP) is 8.18. The van der Waals surface area contributed by atoms with Crippen molar-refractivity contribution in [3.8, 4) is 0 Å². The van der Waals surface area contributed by atoms with Crippen LogP contribution in [0.4, 0.5) is 26.3 Å². The summed E-state index contributed by atoms with van der Waals surface area (Å²) in [6.07, 6.45) is -5.79. The van der Waals surface area contributed by atoms with Gasteiger partial charge in [-0.3, -0.25) is 0 Å². The van der Waals surface area contributed by atoms with E-state index >= 15 is 0 Å². The van der Waals surface area contributed by atoms with Crippen LogP contribution in [0.25, 0.3) is 0 Å². The number of unbranched alkanes of at least 4 members (excludes halogenated alkanes) is 2. The minimum atomic E-state index is -4.63. The van der Waals surface area contributed by atoms with Crippen LogP contribution in [0.5, 0.6) is 0 Å². The van der Waals surface area contributed by atoms with E-state index in [2.05, 4.69) is 0 Å². The summed E-state index contributed by atoms with van der Waals surface area (Å²) >= 11 is 0. The molecule has 0 aromatic rings. The molecule has 0 aromatic heterocycles. The SMILES string of the molecule is CCCCCOC(C)(C1CC(C(C)CC)CC(C(C)(C)C(F)(F)F)C1)C(F)(F)F. The van der Waals surface area contributed by atoms with E-state index in [0.29, 0.717) is 12.8 Å². The number of ether oxygens (including phenoxy) is 1. The topological polar surface area (TPSA) is 9.23 Å². The second-order valence-electron chi connectivity index (χ2n) is 9.63. The summed E-state index contributed by atoms with van der Waals surface area (Å²) in [5.41, 5.74) is -4.46. The van der Waals surface area contributed by atoms with E-state index in [0.717, 1.165) is 40.0 Å². The van der Waals surface area contributed by atoms with E-state index in [4.69, 9.17) is 4.74 Å². The molecular formula is C22H38F6O. The molecule has 0 bridgehead atoms. The molecule has 1 fully saturated rings. The van der Waals surface area contributed by atoms with Gasteiger partial charge < -0.3 is 4.74 Å². The fraction of sp³-hybridized carbons (Fsp3) is 1.00. The van der Waals surface area contributed by atoms with Crippen molar-refractivity contribution < 1.29 is 31.1 Å². The van der Waals surface area contributed by atoms with E-state index in [1.807, 2.05) is 20.8 Å². The molecule has 0 heterocycles. The lowest BCUT2D eigenvalue weighted by molar-refractivity contribution is -0.301. The lowest BCUT2D eigenvalue weighted by atomic mass is 9.59. The zero-order valence-electron chi connectivity index (χ0n) is 18.6. The third kappa shape index (κ3) is 6.04. The molecule has 5 atom stereocenters. The van der Waals surface area contributed by atoms with Crippen LogP contribution < -0.4 is 0 Å². The van der Waals surface area contributed by atoms with Crippen molar-refractivity contribution in [3.63, 3.8) is 0 Å². The second-order valence-corrected chi connectivity index (χ2v) is 9.63. The number of rotatable bonds is 9. The van der Waals surface area contributed by atoms with E-state index in [-0.39, 0.29) is 31.3 Å². The Morgan fingerprint density at radius 2 is 1.38 bits per heavy atom. The first-order chi connectivity index (χ1) is 13.1. The van der Waals surface area contributed by atoms with Crippen LogP contribution in [0.1, 0.15) is 86.5 Å². The highest BCUT2D eigenvalue weighted by molar-refractivity contribution is 5.00. The van der Waals surface area contributed by atoms with Gasteiger partial charge in [-0.2, -0.15) is 26.3 Å². The van der Waals surface area contributed by atoms with Crippen LogP contribution in [-0.4, -0.2) is 24.6 Å². The summed E-state index contributed by atoms with van der Waals surface area (Å²) in [7, 11) is 0. The quantitative estimate of drug-likeness (QED) is 0.264. The van der Waals surface area contributed by atoms with Crippen LogP contribution in [-0.2, 0) is 4.74 Å². The van der Waals surface area contributed by atoms with Crippen molar-refractivity contribution in [2.75, 3.05) is 6.61 Å². The lowest BCUT2D eigenvalue weighted by Crippen LogP contribution is -2.55. The van der Waals surface area contributed by atoms with Gasteiger partial charge in [0.25, 0.3) is 0 Å². The Labute approximate surface area is 172 Å². The van der Waals surface area contributed by atoms with E-state index in [9.17, 15) is 26.3 Å². The van der Waals surface area contributed by atoms with Gasteiger partial charge in [-0.05, 0) is 56.3 Å². The third-order valence-electron chi connectivity index (χ3n) is 7.44. The van der Waals surface area contributed by atoms with Crippen LogP contribution in [0.2, 0.25) is 0 Å². The van der Waals surface area contributed by atoms with Crippen molar-refractivity contribution in [3.05, 3.63) is 0 Å². The average Bonchev–Trinajstić information content (AvgIpc) is 2.62. The van der Waals surface area contributed by atoms with Gasteiger partial charge in [-0.1, -0.05) is 53.9 Å². The molecule has 0 spiro atoms. The van der Waals surface area contributed by atoms with Gasteiger partial charge in [0.05, 0.1) is 5.41 Å². The first-order valence-corrected chi connectivity index (χ1v) is 10.9. The molecule has 174 valence electrons. The monoisotopic (exact) mass is 432 g/mol. The van der Waals surface area contributed by atoms with Gasteiger partial charge in [0.1, 0.15) is 0 Å². The summed E-state index contributed by atoms with van der Waals surface area (Å²) < 4.78 is 89.0. The fourth-order valence-electron chi connectivity index (χ4n) is 4.50. The molecule has 0 saturated heterocycles. The van der Waals surface area contributed by atoms with Crippen molar-refractivity contribution >= 4 is 0 Å². The molecule has 1 aliphatic carbocycles. The molecule has 0 amide bonds. The van der Waals surface area contributed by atoms with Gasteiger partial charge in [0.2, 0.25) is 0 Å². The minimum absolute atomic E-state index is 0.0261. The average molecular weight is 433 g/mol. The molecule has 0 N–H and O–H groups in total. The summed E-state index contributed by atoms with van der Waals surface area (Å²) in [5.74, 6) is -1.95. The van der Waals surface area contributed by atoms with Crippen molar-refractivity contribution in [1.29, 1.82) is 0 Å². The summed E-state index contributed by atoms with van der Waals surface area (Å²) in [6, 6.07) is 0. The molecule has 0 radical (unpaired) electrons. The standard InChI is InChI=1S/C22H38F6O/c1-7-9-10-11-29-20(6,22(26,27)28)18-13-16(15(3)8-2)12-17(14-18)19(4,5)21(23,24)25/h15-18H,7-14H2,1-6H3. The Kier molecular flexibility index (Phi) is 8.96. The summed E-state index contributed by atoms with van der Waals surface area (Å²) in [4.78, 5) is 0. The van der Waals surface area contributed by atoms with Crippen molar-refractivity contribution in [2.45, 2.75) is 104 Å². The second kappa shape index (κ2) is 9.78. The van der Waals surface area contributed by atoms with Crippen LogP contribution in [0.15, 0.2) is 0 Å². The van der Waals surface area contributed by atoms with E-state index in [1.54, 1.807) is 0 Å². The molecule has 1 rings (SSSR count). The molecule has 0 aromatic carbocycles. The first-order valence-electron chi connectivity index (χ1n) is 10.9. The van der Waals surface area contributed by atoms with Gasteiger partial charge in [0.15, 0.2) is 5.60 Å². The Morgan fingerprint density at radius 1 is 0.828 bits per heavy atom. The fourth-order valence-corrected chi connectivity index (χ4v) is 4.50. The third-order valence-corrected chi connectivity index (χ3v) is 7.44. The zero-order chi connectivity index (χ0) is 22.7. The number of halogens is 6. The van der Waals surface area contributed by atoms with E-state index in [1.165, 1.54) is 0 Å². The van der Waals surface area contributed by atoms with E-state index < -0.39 is 35.2 Å². The van der Waals surface area contributed by atoms with Gasteiger partial charge in [0, 0.05) is 6.61 Å². The van der Waals surface area contributed by atoms with Gasteiger partial charge in [-0.15, -0.1) is 0 Å². The maximum absolute atomic E-state index is 14.1. The molecule has 1 aliphatic rings. The largest absolute Gasteiger partial charge is 0.417 e. The highest BCUT2D eigenvalue weighted by atomic mass is 19.4. The molecule has 29 heavy (non-hydrogen) atoms. The van der Waals surface area contributed by atoms with Crippen molar-refractivity contribution in [2.24, 2.45) is 29.1 Å². The lowest BCUT2D eigenvalue weighted by Gasteiger charge is -2.50. The zero-order valence-corrected chi connectivity index (χ0v) is 18.6. The van der Waals surface area contributed by atoms with Crippen LogP contribution in [0, 0.1) is 29.1 Å². The Hall–Kier alpha value is -0.460. The molecule has 7 heteroatoms. The van der Waals surface area contributed by atoms with Crippen LogP contribution >= 0.6 is 0 Å². The first kappa shape index (κ1) is 26.6. The summed E-state index contributed by atoms with van der Waals surface area (Å²) in [5, 5.41) is 0. The van der Waals surface area contributed by atoms with Crippen molar-refractivity contribution in [1.82, 2.24) is 0 Å². The number of hydrogen-bond acceptors (Lipinski definition) is 1. The highest BCUT2D eigenvalue weighted by Crippen LogP contribution is 2.56. The molecule has 1 saturated carbocycles. The Morgan fingerprint density at radius 3 is 1.83 bits per heavy atom. The normalized spacial score (nSPS) is 27.5. The molecule has 0 aliphatic heterocycles. The smallest absolute Gasteiger partial charge is 0.366 e. The number of alkyl halides is 6. The Balaban J connectivity index is 3.24. The molecular weight excluding hydrogens is 394 g/mol. The molecule has 5 unspecified atom stereocenters. The molecule has 1 nitrogen and oxygen atoms in total. The number of hydrogen-bond donors (Lipinski definition) is 0. The van der Waals surface area contributed by atoms with Gasteiger partial charge in [-0.25, -0.2) is 0 Å².